The average Bonchev–Trinajstić information content (AvgIpc) is 3.01. The molecule has 0 aliphatic rings. The highest BCUT2D eigenvalue weighted by atomic mass is 16.6. The maximum atomic E-state index is 12.6. The maximum absolute atomic E-state index is 12.6. The molecule has 0 fully saturated rings. The van der Waals surface area contributed by atoms with Gasteiger partial charge in [0.2, 0.25) is 0 Å². The van der Waals surface area contributed by atoms with Crippen LogP contribution in [0.5, 0.6) is 0 Å². The summed E-state index contributed by atoms with van der Waals surface area (Å²) in [6.07, 6.45) is 1.40. The van der Waals surface area contributed by atoms with Crippen molar-refractivity contribution in [1.29, 1.82) is 0 Å². The normalized spacial score (nSPS) is 10.8. The van der Waals surface area contributed by atoms with E-state index in [1.165, 1.54) is 18.4 Å². The van der Waals surface area contributed by atoms with Crippen LogP contribution in [-0.4, -0.2) is 21.8 Å². The van der Waals surface area contributed by atoms with Gasteiger partial charge >= 0.3 is 0 Å². The van der Waals surface area contributed by atoms with Gasteiger partial charge in [0.15, 0.2) is 0 Å². The molecular weight excluding hydrogens is 298 g/mol. The molecule has 0 atom stereocenters. The molecule has 2 aromatic rings. The lowest BCUT2D eigenvalue weighted by atomic mass is 10.1. The lowest BCUT2D eigenvalue weighted by molar-refractivity contribution is -0.384. The fraction of sp³-hybridized carbons (Fsp3) is 0.312. The number of non-ortho nitro benzene ring substituents is 1. The smallest absolute Gasteiger partial charge is 0.269 e. The highest BCUT2D eigenvalue weighted by Gasteiger charge is 2.21. The predicted octanol–water partition coefficient (Wildman–Crippen LogP) is 2.70. The zero-order valence-electron chi connectivity index (χ0n) is 13.1. The second-order valence-corrected chi connectivity index (χ2v) is 5.46. The molecule has 0 saturated heterocycles. The van der Waals surface area contributed by atoms with E-state index in [1.807, 2.05) is 13.8 Å². The van der Waals surface area contributed by atoms with Gasteiger partial charge in [-0.1, -0.05) is 12.1 Å². The number of furan rings is 1. The first-order chi connectivity index (χ1) is 10.9. The van der Waals surface area contributed by atoms with E-state index in [2.05, 4.69) is 0 Å². The summed E-state index contributed by atoms with van der Waals surface area (Å²) in [7, 11) is 0. The molecule has 0 aliphatic heterocycles. The molecule has 1 amide bonds. The standard InChI is InChI=1S/C16H19N3O4/c1-11(2)18(16(20)13-7-15(8-17)23-10-13)9-12-3-5-14(6-4-12)19(21)22/h3-7,10-11H,8-9,17H2,1-2H3. The van der Waals surface area contributed by atoms with Crippen molar-refractivity contribution in [3.05, 3.63) is 63.6 Å². The van der Waals surface area contributed by atoms with Crippen LogP contribution in [0.1, 0.15) is 35.5 Å². The topological polar surface area (TPSA) is 103 Å². The lowest BCUT2D eigenvalue weighted by Gasteiger charge is -2.26. The number of hydrogen-bond acceptors (Lipinski definition) is 5. The summed E-state index contributed by atoms with van der Waals surface area (Å²) in [5, 5.41) is 10.7. The molecule has 1 aromatic carbocycles. The van der Waals surface area contributed by atoms with Crippen molar-refractivity contribution < 1.29 is 14.1 Å². The van der Waals surface area contributed by atoms with Crippen molar-refractivity contribution in [2.45, 2.75) is 33.0 Å². The van der Waals surface area contributed by atoms with Crippen molar-refractivity contribution in [2.24, 2.45) is 5.73 Å². The molecule has 0 spiro atoms. The van der Waals surface area contributed by atoms with Crippen LogP contribution >= 0.6 is 0 Å². The third-order valence-corrected chi connectivity index (χ3v) is 3.49. The number of amides is 1. The van der Waals surface area contributed by atoms with E-state index < -0.39 is 4.92 Å². The molecule has 7 nitrogen and oxygen atoms in total. The third-order valence-electron chi connectivity index (χ3n) is 3.49. The van der Waals surface area contributed by atoms with Gasteiger partial charge in [-0.25, -0.2) is 0 Å². The van der Waals surface area contributed by atoms with Gasteiger partial charge in [0.25, 0.3) is 11.6 Å². The summed E-state index contributed by atoms with van der Waals surface area (Å²) < 4.78 is 5.21. The number of nitro benzene ring substituents is 1. The molecule has 2 rings (SSSR count). The zero-order chi connectivity index (χ0) is 17.0. The second kappa shape index (κ2) is 7.06. The van der Waals surface area contributed by atoms with Crippen LogP contribution in [0.4, 0.5) is 5.69 Å². The van der Waals surface area contributed by atoms with Crippen molar-refractivity contribution >= 4 is 11.6 Å². The highest BCUT2D eigenvalue weighted by molar-refractivity contribution is 5.94. The van der Waals surface area contributed by atoms with Gasteiger partial charge in [-0.3, -0.25) is 14.9 Å². The molecule has 7 heteroatoms. The van der Waals surface area contributed by atoms with Crippen LogP contribution in [0, 0.1) is 10.1 Å². The molecular formula is C16H19N3O4. The second-order valence-electron chi connectivity index (χ2n) is 5.46. The minimum Gasteiger partial charge on any atom is -0.467 e. The number of carbonyl (C=O) groups is 1. The molecule has 1 heterocycles. The Balaban J connectivity index is 2.17. The van der Waals surface area contributed by atoms with Crippen LogP contribution in [0.25, 0.3) is 0 Å². The summed E-state index contributed by atoms with van der Waals surface area (Å²) >= 11 is 0. The van der Waals surface area contributed by atoms with E-state index in [4.69, 9.17) is 10.2 Å². The summed E-state index contributed by atoms with van der Waals surface area (Å²) in [6, 6.07) is 7.77. The van der Waals surface area contributed by atoms with Crippen molar-refractivity contribution in [1.82, 2.24) is 4.90 Å². The molecule has 0 saturated carbocycles. The monoisotopic (exact) mass is 317 g/mol. The first-order valence-electron chi connectivity index (χ1n) is 7.24. The molecule has 0 bridgehead atoms. The fourth-order valence-electron chi connectivity index (χ4n) is 2.17. The van der Waals surface area contributed by atoms with Crippen LogP contribution in [-0.2, 0) is 13.1 Å². The molecule has 2 N–H and O–H groups in total. The first kappa shape index (κ1) is 16.7. The van der Waals surface area contributed by atoms with Crippen LogP contribution < -0.4 is 5.73 Å². The Morgan fingerprint density at radius 3 is 2.48 bits per heavy atom. The average molecular weight is 317 g/mol. The van der Waals surface area contributed by atoms with E-state index in [1.54, 1.807) is 23.1 Å². The Labute approximate surface area is 133 Å². The van der Waals surface area contributed by atoms with E-state index in [9.17, 15) is 14.9 Å². The Kier molecular flexibility index (Phi) is 5.13. The summed E-state index contributed by atoms with van der Waals surface area (Å²) in [4.78, 5) is 24.5. The Hall–Kier alpha value is -2.67. The zero-order valence-corrected chi connectivity index (χ0v) is 13.1. The quantitative estimate of drug-likeness (QED) is 0.651. The van der Waals surface area contributed by atoms with Gasteiger partial charge in [-0.15, -0.1) is 0 Å². The minimum absolute atomic E-state index is 0.0265. The molecule has 1 aromatic heterocycles. The largest absolute Gasteiger partial charge is 0.467 e. The predicted molar refractivity (Wildman–Crippen MR) is 84.7 cm³/mol. The van der Waals surface area contributed by atoms with E-state index in [-0.39, 0.29) is 24.2 Å². The highest BCUT2D eigenvalue weighted by Crippen LogP contribution is 2.18. The van der Waals surface area contributed by atoms with Gasteiger partial charge in [0, 0.05) is 24.7 Å². The minimum atomic E-state index is -0.449. The summed E-state index contributed by atoms with van der Waals surface area (Å²) in [6.45, 7) is 4.41. The van der Waals surface area contributed by atoms with Gasteiger partial charge in [0.1, 0.15) is 12.0 Å². The van der Waals surface area contributed by atoms with E-state index in [0.717, 1.165) is 5.56 Å². The number of benzene rings is 1. The van der Waals surface area contributed by atoms with Crippen molar-refractivity contribution in [2.75, 3.05) is 0 Å². The summed E-state index contributed by atoms with van der Waals surface area (Å²) in [5.41, 5.74) is 6.78. The van der Waals surface area contributed by atoms with Gasteiger partial charge < -0.3 is 15.1 Å². The molecule has 122 valence electrons. The number of rotatable bonds is 6. The van der Waals surface area contributed by atoms with Crippen LogP contribution in [0.3, 0.4) is 0 Å². The first-order valence-corrected chi connectivity index (χ1v) is 7.24. The van der Waals surface area contributed by atoms with E-state index >= 15 is 0 Å². The molecule has 23 heavy (non-hydrogen) atoms. The van der Waals surface area contributed by atoms with Gasteiger partial charge in [0.05, 0.1) is 17.0 Å². The fourth-order valence-corrected chi connectivity index (χ4v) is 2.17. The maximum Gasteiger partial charge on any atom is 0.269 e. The summed E-state index contributed by atoms with van der Waals surface area (Å²) in [5.74, 6) is 0.384. The van der Waals surface area contributed by atoms with Crippen LogP contribution in [0.2, 0.25) is 0 Å². The SMILES string of the molecule is CC(C)N(Cc1ccc([N+](=O)[O-])cc1)C(=O)c1coc(CN)c1. The van der Waals surface area contributed by atoms with Gasteiger partial charge in [-0.2, -0.15) is 0 Å². The van der Waals surface area contributed by atoms with E-state index in [0.29, 0.717) is 17.9 Å². The molecule has 0 radical (unpaired) electrons. The Morgan fingerprint density at radius 1 is 1.35 bits per heavy atom. The number of hydrogen-bond donors (Lipinski definition) is 1. The third kappa shape index (κ3) is 3.95. The number of nitrogens with two attached hydrogens (primary N) is 1. The number of nitrogens with zero attached hydrogens (tertiary/aromatic N) is 2. The lowest BCUT2D eigenvalue weighted by Crippen LogP contribution is -2.36. The molecule has 0 unspecified atom stereocenters. The Bertz CT molecular complexity index is 692. The van der Waals surface area contributed by atoms with Crippen LogP contribution in [0.15, 0.2) is 41.0 Å². The van der Waals surface area contributed by atoms with Gasteiger partial charge in [-0.05, 0) is 25.5 Å². The van der Waals surface area contributed by atoms with Crippen molar-refractivity contribution in [3.8, 4) is 0 Å². The number of nitro groups is 1. The number of carbonyl (C=O) groups excluding carboxylic acids is 1. The van der Waals surface area contributed by atoms with Crippen molar-refractivity contribution in [3.63, 3.8) is 0 Å². The Morgan fingerprint density at radius 2 is 2.00 bits per heavy atom. The molecule has 0 aliphatic carbocycles.